The Kier molecular flexibility index (Phi) is 6.44. The van der Waals surface area contributed by atoms with E-state index in [9.17, 15) is 9.90 Å². The Morgan fingerprint density at radius 3 is 2.58 bits per heavy atom. The van der Waals surface area contributed by atoms with Gasteiger partial charge in [0.1, 0.15) is 11.9 Å². The van der Waals surface area contributed by atoms with Crippen LogP contribution in [0.15, 0.2) is 41.0 Å². The maximum absolute atomic E-state index is 11.9. The Hall–Kier alpha value is -2.27. The van der Waals surface area contributed by atoms with E-state index in [1.165, 1.54) is 23.0 Å². The van der Waals surface area contributed by atoms with Gasteiger partial charge in [-0.1, -0.05) is 29.3 Å². The lowest BCUT2D eigenvalue weighted by atomic mass is 10.1. The van der Waals surface area contributed by atoms with Gasteiger partial charge in [-0.15, -0.1) is 0 Å². The molecule has 1 aromatic heterocycles. The van der Waals surface area contributed by atoms with E-state index in [1.54, 1.807) is 12.1 Å². The number of furan rings is 1. The minimum absolute atomic E-state index is 0.161. The number of nitrogens with one attached hydrogen (secondary N) is 2. The molecule has 2 aromatic rings. The first kappa shape index (κ1) is 18.1. The van der Waals surface area contributed by atoms with Crippen LogP contribution in [0.25, 0.3) is 0 Å². The maximum Gasteiger partial charge on any atom is 0.315 e. The standard InChI is InChI=1S/C19H26N2O3/c1-13-9-14(2)11-16(10-13)6-7-20-19(23)21-15(3)12-17(22)18-5-4-8-24-18/h4-5,8-11,15,17,22H,6-7,12H2,1-3H3,(H2,20,21,23). The molecule has 0 aliphatic heterocycles. The third-order valence-corrected chi connectivity index (χ3v) is 3.81. The Bertz CT molecular complexity index is 632. The van der Waals surface area contributed by atoms with Gasteiger partial charge in [-0.25, -0.2) is 4.79 Å². The first-order valence-corrected chi connectivity index (χ1v) is 8.27. The summed E-state index contributed by atoms with van der Waals surface area (Å²) in [5.74, 6) is 0.513. The zero-order valence-corrected chi connectivity index (χ0v) is 14.5. The van der Waals surface area contributed by atoms with Gasteiger partial charge >= 0.3 is 6.03 Å². The van der Waals surface area contributed by atoms with Crippen molar-refractivity contribution in [3.63, 3.8) is 0 Å². The SMILES string of the molecule is Cc1cc(C)cc(CCNC(=O)NC(C)CC(O)c2ccco2)c1. The zero-order chi connectivity index (χ0) is 17.5. The van der Waals surface area contributed by atoms with E-state index in [4.69, 9.17) is 4.42 Å². The highest BCUT2D eigenvalue weighted by molar-refractivity contribution is 5.74. The number of urea groups is 1. The summed E-state index contributed by atoms with van der Waals surface area (Å²) in [5, 5.41) is 15.7. The number of amides is 2. The van der Waals surface area contributed by atoms with Gasteiger partial charge in [0.15, 0.2) is 0 Å². The van der Waals surface area contributed by atoms with Crippen molar-refractivity contribution in [1.29, 1.82) is 0 Å². The highest BCUT2D eigenvalue weighted by Gasteiger charge is 2.16. The minimum atomic E-state index is -0.717. The number of carbonyl (C=O) groups excluding carboxylic acids is 1. The minimum Gasteiger partial charge on any atom is -0.467 e. The Morgan fingerprint density at radius 1 is 1.25 bits per heavy atom. The smallest absolute Gasteiger partial charge is 0.315 e. The fourth-order valence-corrected chi connectivity index (χ4v) is 2.80. The average molecular weight is 330 g/mol. The summed E-state index contributed by atoms with van der Waals surface area (Å²) in [5.41, 5.74) is 3.68. The highest BCUT2D eigenvalue weighted by atomic mass is 16.4. The second kappa shape index (κ2) is 8.55. The highest BCUT2D eigenvalue weighted by Crippen LogP contribution is 2.18. The van der Waals surface area contributed by atoms with Crippen LogP contribution in [-0.4, -0.2) is 23.7 Å². The van der Waals surface area contributed by atoms with Crippen molar-refractivity contribution in [2.24, 2.45) is 0 Å². The second-order valence-corrected chi connectivity index (χ2v) is 6.31. The summed E-state index contributed by atoms with van der Waals surface area (Å²) in [6.07, 6.45) is 2.00. The van der Waals surface area contributed by atoms with Crippen molar-refractivity contribution in [2.45, 2.75) is 45.8 Å². The predicted molar refractivity (Wildman–Crippen MR) is 93.9 cm³/mol. The molecule has 5 nitrogen and oxygen atoms in total. The molecule has 3 N–H and O–H groups in total. The first-order valence-electron chi connectivity index (χ1n) is 8.27. The lowest BCUT2D eigenvalue weighted by molar-refractivity contribution is 0.129. The molecule has 1 aromatic carbocycles. The van der Waals surface area contributed by atoms with Gasteiger partial charge in [-0.2, -0.15) is 0 Å². The molecular weight excluding hydrogens is 304 g/mol. The molecule has 5 heteroatoms. The summed E-state index contributed by atoms with van der Waals surface area (Å²) in [4.78, 5) is 11.9. The predicted octanol–water partition coefficient (Wildman–Crippen LogP) is 3.25. The third-order valence-electron chi connectivity index (χ3n) is 3.81. The van der Waals surface area contributed by atoms with E-state index in [0.717, 1.165) is 6.42 Å². The van der Waals surface area contributed by atoms with Crippen LogP contribution in [0.5, 0.6) is 0 Å². The fourth-order valence-electron chi connectivity index (χ4n) is 2.80. The van der Waals surface area contributed by atoms with E-state index < -0.39 is 6.10 Å². The molecule has 0 bridgehead atoms. The van der Waals surface area contributed by atoms with Gasteiger partial charge in [0.05, 0.1) is 6.26 Å². The Labute approximate surface area is 143 Å². The molecular formula is C19H26N2O3. The number of hydrogen-bond acceptors (Lipinski definition) is 3. The molecule has 0 fully saturated rings. The number of rotatable bonds is 7. The summed E-state index contributed by atoms with van der Waals surface area (Å²) >= 11 is 0. The van der Waals surface area contributed by atoms with E-state index in [0.29, 0.717) is 18.7 Å². The fraction of sp³-hybridized carbons (Fsp3) is 0.421. The molecule has 0 radical (unpaired) electrons. The van der Waals surface area contributed by atoms with Crippen molar-refractivity contribution in [2.75, 3.05) is 6.54 Å². The van der Waals surface area contributed by atoms with Crippen molar-refractivity contribution < 1.29 is 14.3 Å². The summed E-state index contributed by atoms with van der Waals surface area (Å²) in [6, 6.07) is 9.47. The molecule has 0 aliphatic rings. The number of aliphatic hydroxyl groups is 1. The number of hydrogen-bond donors (Lipinski definition) is 3. The third kappa shape index (κ3) is 5.74. The molecule has 130 valence electrons. The molecule has 0 saturated carbocycles. The number of benzene rings is 1. The largest absolute Gasteiger partial charge is 0.467 e. The van der Waals surface area contributed by atoms with Gasteiger partial charge in [0, 0.05) is 19.0 Å². The monoisotopic (exact) mass is 330 g/mol. The molecule has 0 aliphatic carbocycles. The quantitative estimate of drug-likeness (QED) is 0.729. The van der Waals surface area contributed by atoms with E-state index in [1.807, 2.05) is 6.92 Å². The van der Waals surface area contributed by atoms with E-state index in [2.05, 4.69) is 42.7 Å². The van der Waals surface area contributed by atoms with Gasteiger partial charge in [0.2, 0.25) is 0 Å². The van der Waals surface area contributed by atoms with Crippen LogP contribution in [0.4, 0.5) is 4.79 Å². The summed E-state index contributed by atoms with van der Waals surface area (Å²) in [6.45, 7) is 6.57. The Balaban J connectivity index is 1.70. The van der Waals surface area contributed by atoms with Crippen molar-refractivity contribution in [3.05, 3.63) is 59.0 Å². The topological polar surface area (TPSA) is 74.5 Å². The molecule has 0 spiro atoms. The number of aliphatic hydroxyl groups excluding tert-OH is 1. The van der Waals surface area contributed by atoms with E-state index >= 15 is 0 Å². The molecule has 0 saturated heterocycles. The van der Waals surface area contributed by atoms with Crippen LogP contribution < -0.4 is 10.6 Å². The van der Waals surface area contributed by atoms with Crippen LogP contribution in [0.2, 0.25) is 0 Å². The van der Waals surface area contributed by atoms with Crippen LogP contribution in [-0.2, 0) is 6.42 Å². The van der Waals surface area contributed by atoms with E-state index in [-0.39, 0.29) is 12.1 Å². The summed E-state index contributed by atoms with van der Waals surface area (Å²) in [7, 11) is 0. The molecule has 2 amide bonds. The van der Waals surface area contributed by atoms with Crippen LogP contribution in [0.1, 0.15) is 41.9 Å². The second-order valence-electron chi connectivity index (χ2n) is 6.31. The normalized spacial score (nSPS) is 13.3. The van der Waals surface area contributed by atoms with Gasteiger partial charge in [0.25, 0.3) is 0 Å². The molecule has 1 heterocycles. The van der Waals surface area contributed by atoms with Gasteiger partial charge in [-0.05, 0) is 44.9 Å². The average Bonchev–Trinajstić information content (AvgIpc) is 3.00. The molecule has 2 rings (SSSR count). The van der Waals surface area contributed by atoms with Crippen LogP contribution in [0, 0.1) is 13.8 Å². The summed E-state index contributed by atoms with van der Waals surface area (Å²) < 4.78 is 5.16. The van der Waals surface area contributed by atoms with Gasteiger partial charge in [-0.3, -0.25) is 0 Å². The first-order chi connectivity index (χ1) is 11.4. The number of aryl methyl sites for hydroxylation is 2. The van der Waals surface area contributed by atoms with Gasteiger partial charge < -0.3 is 20.2 Å². The Morgan fingerprint density at radius 2 is 1.96 bits per heavy atom. The number of carbonyl (C=O) groups is 1. The molecule has 2 unspecified atom stereocenters. The van der Waals surface area contributed by atoms with Crippen molar-refractivity contribution in [1.82, 2.24) is 10.6 Å². The lowest BCUT2D eigenvalue weighted by Crippen LogP contribution is -2.42. The molecule has 2 atom stereocenters. The molecule has 24 heavy (non-hydrogen) atoms. The maximum atomic E-state index is 11.9. The van der Waals surface area contributed by atoms with Crippen molar-refractivity contribution in [3.8, 4) is 0 Å². The lowest BCUT2D eigenvalue weighted by Gasteiger charge is -2.17. The van der Waals surface area contributed by atoms with Crippen LogP contribution in [0.3, 0.4) is 0 Å². The van der Waals surface area contributed by atoms with Crippen LogP contribution >= 0.6 is 0 Å². The van der Waals surface area contributed by atoms with Crippen molar-refractivity contribution >= 4 is 6.03 Å². The zero-order valence-electron chi connectivity index (χ0n) is 14.5.